The van der Waals surface area contributed by atoms with Crippen molar-refractivity contribution in [2.24, 2.45) is 0 Å². The molecule has 6 heteroatoms. The molecular formula is C15H23Br2NO3. The molecule has 0 aliphatic carbocycles. The van der Waals surface area contributed by atoms with Crippen molar-refractivity contribution < 1.29 is 14.6 Å². The maximum Gasteiger partial charge on any atom is 0.147 e. The van der Waals surface area contributed by atoms with Crippen molar-refractivity contribution in [2.45, 2.75) is 32.9 Å². The van der Waals surface area contributed by atoms with Crippen LogP contribution in [0, 0.1) is 0 Å². The van der Waals surface area contributed by atoms with Crippen LogP contribution in [0.5, 0.6) is 5.75 Å². The predicted octanol–water partition coefficient (Wildman–Crippen LogP) is 3.49. The third kappa shape index (κ3) is 7.61. The molecule has 0 saturated carbocycles. The van der Waals surface area contributed by atoms with E-state index in [0.717, 1.165) is 21.2 Å². The van der Waals surface area contributed by atoms with Gasteiger partial charge in [-0.1, -0.05) is 0 Å². The van der Waals surface area contributed by atoms with Crippen LogP contribution in [0.3, 0.4) is 0 Å². The van der Waals surface area contributed by atoms with Crippen LogP contribution < -0.4 is 10.1 Å². The second-order valence-electron chi connectivity index (χ2n) is 5.68. The third-order valence-corrected chi connectivity index (χ3v) is 3.77. The summed E-state index contributed by atoms with van der Waals surface area (Å²) in [5.41, 5.74) is 1.26. The van der Waals surface area contributed by atoms with E-state index >= 15 is 0 Å². The zero-order valence-electron chi connectivity index (χ0n) is 12.7. The summed E-state index contributed by atoms with van der Waals surface area (Å²) in [6.07, 6.45) is 0. The Labute approximate surface area is 143 Å². The van der Waals surface area contributed by atoms with Crippen molar-refractivity contribution in [3.05, 3.63) is 26.6 Å². The second kappa shape index (κ2) is 9.10. The van der Waals surface area contributed by atoms with Gasteiger partial charge in [-0.3, -0.25) is 0 Å². The number of rotatable bonds is 8. The molecule has 4 nitrogen and oxygen atoms in total. The maximum atomic E-state index is 8.62. The molecule has 0 aliphatic heterocycles. The molecular weight excluding hydrogens is 402 g/mol. The van der Waals surface area contributed by atoms with Crippen molar-refractivity contribution in [1.82, 2.24) is 5.32 Å². The first-order chi connectivity index (χ1) is 9.83. The Hall–Kier alpha value is -0.140. The molecule has 0 amide bonds. The fourth-order valence-electron chi connectivity index (χ4n) is 1.59. The molecule has 2 N–H and O–H groups in total. The van der Waals surface area contributed by atoms with E-state index in [2.05, 4.69) is 57.9 Å². The highest BCUT2D eigenvalue weighted by Gasteiger charge is 2.12. The Morgan fingerprint density at radius 2 is 1.71 bits per heavy atom. The standard InChI is InChI=1S/C15H23Br2NO3/c1-15(2,3)18-10-11-8-12(16)14(13(17)9-11)21-7-6-20-5-4-19/h8-9,18-19H,4-7,10H2,1-3H3. The highest BCUT2D eigenvalue weighted by atomic mass is 79.9. The molecule has 0 aromatic heterocycles. The Bertz CT molecular complexity index is 424. The molecule has 120 valence electrons. The predicted molar refractivity (Wildman–Crippen MR) is 91.8 cm³/mol. The molecule has 1 aromatic rings. The van der Waals surface area contributed by atoms with Crippen molar-refractivity contribution in [3.63, 3.8) is 0 Å². The molecule has 0 spiro atoms. The van der Waals surface area contributed by atoms with Gasteiger partial charge in [-0.25, -0.2) is 0 Å². The minimum absolute atomic E-state index is 0.0306. The van der Waals surface area contributed by atoms with Gasteiger partial charge in [0, 0.05) is 12.1 Å². The second-order valence-corrected chi connectivity index (χ2v) is 7.39. The van der Waals surface area contributed by atoms with Crippen molar-refractivity contribution >= 4 is 31.9 Å². The normalized spacial score (nSPS) is 11.7. The summed E-state index contributed by atoms with van der Waals surface area (Å²) in [6, 6.07) is 4.10. The average molecular weight is 425 g/mol. The molecule has 0 radical (unpaired) electrons. The minimum Gasteiger partial charge on any atom is -0.489 e. The zero-order valence-corrected chi connectivity index (χ0v) is 15.9. The largest absolute Gasteiger partial charge is 0.489 e. The Kier molecular flexibility index (Phi) is 8.19. The van der Waals surface area contributed by atoms with E-state index in [4.69, 9.17) is 14.6 Å². The van der Waals surface area contributed by atoms with Crippen molar-refractivity contribution in [1.29, 1.82) is 0 Å². The number of hydrogen-bond donors (Lipinski definition) is 2. The highest BCUT2D eigenvalue weighted by Crippen LogP contribution is 2.34. The average Bonchev–Trinajstić information content (AvgIpc) is 2.38. The van der Waals surface area contributed by atoms with Crippen LogP contribution in [0.1, 0.15) is 26.3 Å². The van der Waals surface area contributed by atoms with E-state index < -0.39 is 0 Å². The van der Waals surface area contributed by atoms with E-state index in [-0.39, 0.29) is 12.1 Å². The zero-order chi connectivity index (χ0) is 15.9. The summed E-state index contributed by atoms with van der Waals surface area (Å²) >= 11 is 7.08. The van der Waals surface area contributed by atoms with Gasteiger partial charge < -0.3 is 19.9 Å². The summed E-state index contributed by atoms with van der Waals surface area (Å²) in [6.45, 7) is 8.47. The van der Waals surface area contributed by atoms with Crippen LogP contribution in [0.2, 0.25) is 0 Å². The van der Waals surface area contributed by atoms with Crippen molar-refractivity contribution in [3.8, 4) is 5.75 Å². The maximum absolute atomic E-state index is 8.62. The van der Waals surface area contributed by atoms with Gasteiger partial charge in [0.25, 0.3) is 0 Å². The molecule has 0 aliphatic rings. The number of aliphatic hydroxyl groups is 1. The van der Waals surface area contributed by atoms with Gasteiger partial charge in [0.15, 0.2) is 0 Å². The molecule has 21 heavy (non-hydrogen) atoms. The molecule has 0 fully saturated rings. The summed E-state index contributed by atoms with van der Waals surface area (Å²) in [5, 5.41) is 12.1. The van der Waals surface area contributed by atoms with E-state index in [1.54, 1.807) is 0 Å². The van der Waals surface area contributed by atoms with Crippen molar-refractivity contribution in [2.75, 3.05) is 26.4 Å². The Morgan fingerprint density at radius 1 is 1.10 bits per heavy atom. The van der Waals surface area contributed by atoms with Crippen LogP contribution in [-0.4, -0.2) is 37.1 Å². The van der Waals surface area contributed by atoms with Gasteiger partial charge in [0.05, 0.1) is 28.8 Å². The summed E-state index contributed by atoms with van der Waals surface area (Å²) < 4.78 is 12.7. The first-order valence-electron chi connectivity index (χ1n) is 6.88. The molecule has 1 aromatic carbocycles. The number of ether oxygens (including phenoxy) is 2. The number of aliphatic hydroxyl groups excluding tert-OH is 1. The Morgan fingerprint density at radius 3 is 2.24 bits per heavy atom. The van der Waals surface area contributed by atoms with Gasteiger partial charge in [0.1, 0.15) is 12.4 Å². The van der Waals surface area contributed by atoms with Crippen LogP contribution in [0.4, 0.5) is 0 Å². The van der Waals surface area contributed by atoms with E-state index in [1.165, 1.54) is 5.56 Å². The first kappa shape index (κ1) is 18.9. The fraction of sp³-hybridized carbons (Fsp3) is 0.600. The highest BCUT2D eigenvalue weighted by molar-refractivity contribution is 9.11. The van der Waals surface area contributed by atoms with Gasteiger partial charge in [0.2, 0.25) is 0 Å². The monoisotopic (exact) mass is 423 g/mol. The van der Waals surface area contributed by atoms with Gasteiger partial charge in [-0.15, -0.1) is 0 Å². The fourth-order valence-corrected chi connectivity index (χ4v) is 3.10. The van der Waals surface area contributed by atoms with Crippen LogP contribution in [-0.2, 0) is 11.3 Å². The molecule has 0 saturated heterocycles. The SMILES string of the molecule is CC(C)(C)NCc1cc(Br)c(OCCOCCO)c(Br)c1. The molecule has 1 rings (SSSR count). The molecule has 0 atom stereocenters. The lowest BCUT2D eigenvalue weighted by Gasteiger charge is -2.21. The number of benzene rings is 1. The number of halogens is 2. The quantitative estimate of drug-likeness (QED) is 0.627. The molecule has 0 unspecified atom stereocenters. The smallest absolute Gasteiger partial charge is 0.147 e. The lowest BCUT2D eigenvalue weighted by Crippen LogP contribution is -2.35. The Balaban J connectivity index is 2.58. The van der Waals surface area contributed by atoms with Gasteiger partial charge in [-0.05, 0) is 70.3 Å². The van der Waals surface area contributed by atoms with Gasteiger partial charge >= 0.3 is 0 Å². The number of nitrogens with one attached hydrogen (secondary N) is 1. The summed E-state index contributed by atoms with van der Waals surface area (Å²) in [4.78, 5) is 0. The van der Waals surface area contributed by atoms with Crippen LogP contribution >= 0.6 is 31.9 Å². The van der Waals surface area contributed by atoms with E-state index in [1.807, 2.05) is 12.1 Å². The lowest BCUT2D eigenvalue weighted by atomic mass is 10.1. The topological polar surface area (TPSA) is 50.7 Å². The van der Waals surface area contributed by atoms with E-state index in [0.29, 0.717) is 19.8 Å². The lowest BCUT2D eigenvalue weighted by molar-refractivity contribution is 0.0702. The van der Waals surface area contributed by atoms with Crippen LogP contribution in [0.15, 0.2) is 21.1 Å². The third-order valence-electron chi connectivity index (χ3n) is 2.59. The molecule has 0 bridgehead atoms. The van der Waals surface area contributed by atoms with Crippen LogP contribution in [0.25, 0.3) is 0 Å². The number of hydrogen-bond acceptors (Lipinski definition) is 4. The minimum atomic E-state index is 0.0306. The first-order valence-corrected chi connectivity index (χ1v) is 8.46. The summed E-state index contributed by atoms with van der Waals surface area (Å²) in [7, 11) is 0. The van der Waals surface area contributed by atoms with E-state index in [9.17, 15) is 0 Å². The molecule has 0 heterocycles. The summed E-state index contributed by atoms with van der Waals surface area (Å²) in [5.74, 6) is 0.766. The van der Waals surface area contributed by atoms with Gasteiger partial charge in [-0.2, -0.15) is 0 Å².